The third kappa shape index (κ3) is 1.38. The molecule has 0 saturated heterocycles. The minimum Gasteiger partial charge on any atom is -0.478 e. The lowest BCUT2D eigenvalue weighted by Gasteiger charge is -2.01. The van der Waals surface area contributed by atoms with Gasteiger partial charge in [-0.1, -0.05) is 0 Å². The molecule has 0 fully saturated rings. The van der Waals surface area contributed by atoms with Crippen molar-refractivity contribution in [3.63, 3.8) is 0 Å². The van der Waals surface area contributed by atoms with Gasteiger partial charge >= 0.3 is 5.97 Å². The molecule has 0 unspecified atom stereocenters. The topological polar surface area (TPSA) is 83.3 Å². The summed E-state index contributed by atoms with van der Waals surface area (Å²) in [6.07, 6.45) is 4.69. The molecule has 17 heavy (non-hydrogen) atoms. The molecule has 0 aliphatic rings. The molecule has 0 saturated carbocycles. The average molecular weight is 228 g/mol. The lowest BCUT2D eigenvalue weighted by atomic mass is 10.1. The first-order valence-electron chi connectivity index (χ1n) is 4.96. The van der Waals surface area contributed by atoms with Crippen molar-refractivity contribution >= 4 is 11.5 Å². The molecule has 0 aliphatic heterocycles. The number of aromatic carboxylic acids is 1. The Morgan fingerprint density at radius 3 is 3.12 bits per heavy atom. The van der Waals surface area contributed by atoms with Gasteiger partial charge in [0, 0.05) is 24.2 Å². The van der Waals surface area contributed by atoms with Crippen molar-refractivity contribution in [3.05, 3.63) is 42.4 Å². The molecule has 3 rings (SSSR count). The summed E-state index contributed by atoms with van der Waals surface area (Å²) >= 11 is 0. The zero-order chi connectivity index (χ0) is 11.8. The van der Waals surface area contributed by atoms with E-state index < -0.39 is 5.97 Å². The molecule has 2 N–H and O–H groups in total. The average Bonchev–Trinajstić information content (AvgIpc) is 2.90. The molecular formula is C11H8N4O2. The van der Waals surface area contributed by atoms with Gasteiger partial charge in [0.15, 0.2) is 0 Å². The van der Waals surface area contributed by atoms with Gasteiger partial charge in [0.1, 0.15) is 5.69 Å². The van der Waals surface area contributed by atoms with Crippen molar-refractivity contribution in [3.8, 4) is 11.3 Å². The fraction of sp³-hybridized carbons (Fsp3) is 0. The Hall–Kier alpha value is -2.63. The Morgan fingerprint density at radius 1 is 1.41 bits per heavy atom. The number of rotatable bonds is 2. The van der Waals surface area contributed by atoms with Crippen molar-refractivity contribution in [2.45, 2.75) is 0 Å². The predicted octanol–water partition coefficient (Wildman–Crippen LogP) is 1.42. The number of carboxylic acids is 1. The predicted molar refractivity (Wildman–Crippen MR) is 59.7 cm³/mol. The van der Waals surface area contributed by atoms with E-state index >= 15 is 0 Å². The molecule has 3 aromatic rings. The molecule has 6 nitrogen and oxygen atoms in total. The highest BCUT2D eigenvalue weighted by molar-refractivity contribution is 5.97. The molecule has 3 aromatic heterocycles. The number of aromatic amines is 1. The van der Waals surface area contributed by atoms with E-state index in [0.29, 0.717) is 11.3 Å². The van der Waals surface area contributed by atoms with E-state index in [1.54, 1.807) is 16.8 Å². The Balaban J connectivity index is 2.29. The first kappa shape index (κ1) is 9.59. The molecular weight excluding hydrogens is 220 g/mol. The monoisotopic (exact) mass is 228 g/mol. The summed E-state index contributed by atoms with van der Waals surface area (Å²) < 4.78 is 1.72. The summed E-state index contributed by atoms with van der Waals surface area (Å²) in [5.74, 6) is -1.01. The van der Waals surface area contributed by atoms with Gasteiger partial charge in [0.2, 0.25) is 0 Å². The van der Waals surface area contributed by atoms with Crippen molar-refractivity contribution in [1.29, 1.82) is 0 Å². The lowest BCUT2D eigenvalue weighted by molar-refractivity contribution is 0.0697. The van der Waals surface area contributed by atoms with Gasteiger partial charge < -0.3 is 5.11 Å². The van der Waals surface area contributed by atoms with Gasteiger partial charge in [0.05, 0.1) is 11.1 Å². The first-order valence-corrected chi connectivity index (χ1v) is 4.96. The summed E-state index contributed by atoms with van der Waals surface area (Å²) in [4.78, 5) is 14.9. The molecule has 0 amide bonds. The summed E-state index contributed by atoms with van der Waals surface area (Å²) in [5, 5.41) is 16.0. The van der Waals surface area contributed by atoms with Crippen LogP contribution < -0.4 is 0 Å². The van der Waals surface area contributed by atoms with Crippen LogP contribution in [0.2, 0.25) is 0 Å². The number of pyridine rings is 1. The molecule has 6 heteroatoms. The van der Waals surface area contributed by atoms with E-state index in [9.17, 15) is 4.79 Å². The fourth-order valence-corrected chi connectivity index (χ4v) is 1.79. The second-order valence-electron chi connectivity index (χ2n) is 3.55. The maximum absolute atomic E-state index is 11.1. The van der Waals surface area contributed by atoms with Crippen LogP contribution >= 0.6 is 0 Å². The maximum Gasteiger partial charge on any atom is 0.337 e. The number of hydrogen-bond donors (Lipinski definition) is 2. The third-order valence-electron chi connectivity index (χ3n) is 2.57. The number of nitrogens with zero attached hydrogens (tertiary/aromatic N) is 3. The molecule has 0 aliphatic carbocycles. The minimum absolute atomic E-state index is 0.141. The third-order valence-corrected chi connectivity index (χ3v) is 2.57. The minimum atomic E-state index is -1.01. The van der Waals surface area contributed by atoms with Gasteiger partial charge in [0.25, 0.3) is 0 Å². The van der Waals surface area contributed by atoms with Gasteiger partial charge in [-0.25, -0.2) is 14.5 Å². The summed E-state index contributed by atoms with van der Waals surface area (Å²) in [5.41, 5.74) is 2.13. The number of fused-ring (bicyclic) bond motifs is 1. The molecule has 3 heterocycles. The highest BCUT2D eigenvalue weighted by Gasteiger charge is 2.16. The second kappa shape index (κ2) is 3.44. The maximum atomic E-state index is 11.1. The quantitative estimate of drug-likeness (QED) is 0.694. The van der Waals surface area contributed by atoms with Crippen molar-refractivity contribution < 1.29 is 9.90 Å². The zero-order valence-electron chi connectivity index (χ0n) is 8.66. The summed E-state index contributed by atoms with van der Waals surface area (Å²) in [6, 6.07) is 5.37. The van der Waals surface area contributed by atoms with Gasteiger partial charge in [-0.15, -0.1) is 0 Å². The summed E-state index contributed by atoms with van der Waals surface area (Å²) in [7, 11) is 0. The highest BCUT2D eigenvalue weighted by Crippen LogP contribution is 2.25. The Kier molecular flexibility index (Phi) is 1.94. The second-order valence-corrected chi connectivity index (χ2v) is 3.55. The molecule has 0 aromatic carbocycles. The smallest absolute Gasteiger partial charge is 0.337 e. The Morgan fingerprint density at radius 2 is 2.29 bits per heavy atom. The van der Waals surface area contributed by atoms with Crippen LogP contribution in [0.15, 0.2) is 36.8 Å². The van der Waals surface area contributed by atoms with E-state index in [1.165, 1.54) is 6.20 Å². The number of hydrogen-bond acceptors (Lipinski definition) is 3. The molecule has 0 radical (unpaired) electrons. The van der Waals surface area contributed by atoms with Crippen LogP contribution in [0.1, 0.15) is 10.4 Å². The van der Waals surface area contributed by atoms with Crippen LogP contribution in [0.25, 0.3) is 16.8 Å². The van der Waals surface area contributed by atoms with Crippen LogP contribution in [-0.4, -0.2) is 30.9 Å². The van der Waals surface area contributed by atoms with Crippen molar-refractivity contribution in [2.75, 3.05) is 0 Å². The molecule has 0 bridgehead atoms. The van der Waals surface area contributed by atoms with Crippen LogP contribution in [0.3, 0.4) is 0 Å². The molecule has 0 spiro atoms. The lowest BCUT2D eigenvalue weighted by Crippen LogP contribution is -2.00. The van der Waals surface area contributed by atoms with Gasteiger partial charge in [-0.05, 0) is 18.2 Å². The van der Waals surface area contributed by atoms with Gasteiger partial charge in [-0.3, -0.25) is 4.98 Å². The molecule has 84 valence electrons. The van der Waals surface area contributed by atoms with E-state index in [2.05, 4.69) is 15.3 Å². The van der Waals surface area contributed by atoms with E-state index in [-0.39, 0.29) is 5.56 Å². The van der Waals surface area contributed by atoms with Crippen molar-refractivity contribution in [2.24, 2.45) is 0 Å². The van der Waals surface area contributed by atoms with Crippen LogP contribution in [0.4, 0.5) is 0 Å². The number of H-pyrrole nitrogens is 1. The zero-order valence-corrected chi connectivity index (χ0v) is 8.66. The van der Waals surface area contributed by atoms with Gasteiger partial charge in [-0.2, -0.15) is 5.10 Å². The number of nitrogens with one attached hydrogen (secondary N) is 1. The highest BCUT2D eigenvalue weighted by atomic mass is 16.4. The molecule has 0 atom stereocenters. The van der Waals surface area contributed by atoms with Crippen LogP contribution in [0, 0.1) is 0 Å². The van der Waals surface area contributed by atoms with Crippen LogP contribution in [0.5, 0.6) is 0 Å². The van der Waals surface area contributed by atoms with E-state index in [0.717, 1.165) is 5.52 Å². The normalized spacial score (nSPS) is 10.8. The fourth-order valence-electron chi connectivity index (χ4n) is 1.79. The number of carbonyl (C=O) groups is 1. The standard InChI is InChI=1S/C11H8N4O2/c16-11(17)8-6-12-4-3-7(8)10-9-2-1-5-15(9)14-13-10/h1-6,14H,(H,16,17). The Bertz CT molecular complexity index is 698. The van der Waals surface area contributed by atoms with Crippen LogP contribution in [-0.2, 0) is 0 Å². The van der Waals surface area contributed by atoms with E-state index in [4.69, 9.17) is 5.11 Å². The SMILES string of the molecule is O=C(O)c1cnccc1-c1n[nH]n2cccc12. The van der Waals surface area contributed by atoms with Crippen molar-refractivity contribution in [1.82, 2.24) is 19.8 Å². The largest absolute Gasteiger partial charge is 0.478 e. The number of carboxylic acid groups (broad SMARTS) is 1. The Labute approximate surface area is 95.5 Å². The van der Waals surface area contributed by atoms with E-state index in [1.807, 2.05) is 18.3 Å². The first-order chi connectivity index (χ1) is 8.27. The number of aromatic nitrogens is 4. The summed E-state index contributed by atoms with van der Waals surface area (Å²) in [6.45, 7) is 0.